The van der Waals surface area contributed by atoms with Gasteiger partial charge in [0.2, 0.25) is 11.8 Å². The number of nitrogens with zero attached hydrogens (tertiary/aromatic N) is 3. The molecule has 0 aliphatic carbocycles. The minimum Gasteiger partial charge on any atom is -0.481 e. The van der Waals surface area contributed by atoms with Gasteiger partial charge in [-0.3, -0.25) is 9.59 Å². The van der Waals surface area contributed by atoms with Crippen LogP contribution < -0.4 is 25.7 Å². The molecule has 11 nitrogen and oxygen atoms in total. The highest BCUT2D eigenvalue weighted by atomic mass is 35.5. The Hall–Kier alpha value is -4.00. The molecule has 1 fully saturated rings. The third-order valence-electron chi connectivity index (χ3n) is 7.32. The predicted molar refractivity (Wildman–Crippen MR) is 168 cm³/mol. The van der Waals surface area contributed by atoms with E-state index in [0.717, 1.165) is 10.2 Å². The van der Waals surface area contributed by atoms with Gasteiger partial charge < -0.3 is 30.0 Å². The monoisotopic (exact) mass is 639 g/mol. The molecule has 2 aromatic carbocycles. The van der Waals surface area contributed by atoms with Crippen molar-refractivity contribution in [3.63, 3.8) is 0 Å². The van der Waals surface area contributed by atoms with Crippen LogP contribution in [0, 0.1) is 0 Å². The van der Waals surface area contributed by atoms with Crippen molar-refractivity contribution in [2.75, 3.05) is 32.8 Å². The number of carbonyl (C=O) groups excluding carboxylic acids is 1. The van der Waals surface area contributed by atoms with Crippen LogP contribution in [0.1, 0.15) is 22.3 Å². The minimum atomic E-state index is -0.664. The van der Waals surface area contributed by atoms with E-state index in [1.165, 1.54) is 20.2 Å². The number of halogens is 2. The summed E-state index contributed by atoms with van der Waals surface area (Å²) < 4.78 is 17.0. The highest BCUT2D eigenvalue weighted by Crippen LogP contribution is 2.41. The molecule has 44 heavy (non-hydrogen) atoms. The first-order chi connectivity index (χ1) is 21.2. The molecule has 1 amide bonds. The minimum absolute atomic E-state index is 0.0811. The van der Waals surface area contributed by atoms with Gasteiger partial charge in [-0.15, -0.1) is 5.10 Å². The summed E-state index contributed by atoms with van der Waals surface area (Å²) in [6, 6.07) is 15.6. The summed E-state index contributed by atoms with van der Waals surface area (Å²) >= 11 is 13.7. The molecule has 13 heteroatoms. The molecule has 5 rings (SSSR count). The van der Waals surface area contributed by atoms with Crippen LogP contribution in [0.2, 0.25) is 10.0 Å². The Labute approximate surface area is 263 Å². The zero-order valence-electron chi connectivity index (χ0n) is 24.3. The van der Waals surface area contributed by atoms with Crippen molar-refractivity contribution < 1.29 is 24.1 Å². The SMILES string of the molecule is COc1cc(C(=O)Nc2cccc(-c3cccc(-c4ccc(CNC5CCOC[C@@H]5O)c(OC)n4)c3Cl)c2Cl)c(=O)n(C)n1. The number of pyridine rings is 1. The van der Waals surface area contributed by atoms with Gasteiger partial charge in [0.05, 0.1) is 48.4 Å². The molecule has 0 radical (unpaired) electrons. The Balaban J connectivity index is 1.41. The van der Waals surface area contributed by atoms with Crippen molar-refractivity contribution in [3.05, 3.63) is 86.1 Å². The van der Waals surface area contributed by atoms with Crippen LogP contribution in [0.15, 0.2) is 59.4 Å². The van der Waals surface area contributed by atoms with Crippen molar-refractivity contribution in [2.45, 2.75) is 25.1 Å². The van der Waals surface area contributed by atoms with E-state index in [1.54, 1.807) is 25.3 Å². The number of aromatic nitrogens is 3. The van der Waals surface area contributed by atoms with E-state index in [0.29, 0.717) is 65.2 Å². The maximum Gasteiger partial charge on any atom is 0.279 e. The van der Waals surface area contributed by atoms with Crippen LogP contribution in [0.25, 0.3) is 22.4 Å². The molecule has 1 aliphatic rings. The zero-order chi connectivity index (χ0) is 31.4. The summed E-state index contributed by atoms with van der Waals surface area (Å²) in [7, 11) is 4.37. The fraction of sp³-hybridized carbons (Fsp3) is 0.290. The molecule has 2 aromatic heterocycles. The van der Waals surface area contributed by atoms with E-state index in [1.807, 2.05) is 30.3 Å². The number of carbonyl (C=O) groups is 1. The van der Waals surface area contributed by atoms with Gasteiger partial charge >= 0.3 is 0 Å². The largest absolute Gasteiger partial charge is 0.481 e. The third-order valence-corrected chi connectivity index (χ3v) is 8.13. The summed E-state index contributed by atoms with van der Waals surface area (Å²) in [4.78, 5) is 30.3. The molecular weight excluding hydrogens is 609 g/mol. The predicted octanol–water partition coefficient (Wildman–Crippen LogP) is 4.33. The average molecular weight is 641 g/mol. The lowest BCUT2D eigenvalue weighted by atomic mass is 10.00. The van der Waals surface area contributed by atoms with E-state index < -0.39 is 17.6 Å². The lowest BCUT2D eigenvalue weighted by Gasteiger charge is -2.28. The molecule has 0 bridgehead atoms. The Morgan fingerprint density at radius 3 is 2.52 bits per heavy atom. The lowest BCUT2D eigenvalue weighted by molar-refractivity contribution is -0.0281. The first kappa shape index (κ1) is 31.4. The van der Waals surface area contributed by atoms with Gasteiger partial charge in [0.1, 0.15) is 5.56 Å². The number of benzene rings is 2. The molecule has 4 aromatic rings. The Morgan fingerprint density at radius 2 is 1.80 bits per heavy atom. The molecule has 0 spiro atoms. The van der Waals surface area contributed by atoms with E-state index >= 15 is 0 Å². The van der Waals surface area contributed by atoms with Crippen LogP contribution in [0.3, 0.4) is 0 Å². The first-order valence-electron chi connectivity index (χ1n) is 13.8. The molecule has 1 saturated heterocycles. The maximum absolute atomic E-state index is 13.1. The standard InChI is InChI=1S/C31H31Cl2N5O6/c1-38-31(41)21(14-26(37-38)42-2)29(40)35-24-9-5-7-19(28(24)33)18-6-4-8-20(27(18)32)22-11-10-17(30(36-22)43-3)15-34-23-12-13-44-16-25(23)39/h4-11,14,23,25,34,39H,12-13,15-16H2,1-3H3,(H,35,40)/t23?,25-/m0/s1. The number of ether oxygens (including phenoxy) is 3. The summed E-state index contributed by atoms with van der Waals surface area (Å²) in [5, 5.41) is 20.8. The fourth-order valence-corrected chi connectivity index (χ4v) is 5.54. The highest BCUT2D eigenvalue weighted by molar-refractivity contribution is 6.39. The molecule has 3 heterocycles. The number of aliphatic hydroxyl groups excluding tert-OH is 1. The molecule has 2 atom stereocenters. The second kappa shape index (κ2) is 13.7. The Kier molecular flexibility index (Phi) is 9.82. The molecule has 1 aliphatic heterocycles. The normalized spacial score (nSPS) is 16.4. The number of hydrogen-bond acceptors (Lipinski definition) is 9. The van der Waals surface area contributed by atoms with Gasteiger partial charge in [-0.25, -0.2) is 9.67 Å². The second-order valence-corrected chi connectivity index (χ2v) is 10.9. The van der Waals surface area contributed by atoms with Crippen LogP contribution in [0.4, 0.5) is 5.69 Å². The van der Waals surface area contributed by atoms with Crippen molar-refractivity contribution >= 4 is 34.8 Å². The number of methoxy groups -OCH3 is 2. The van der Waals surface area contributed by atoms with E-state index in [-0.39, 0.29) is 22.5 Å². The fourth-order valence-electron chi connectivity index (χ4n) is 4.94. The van der Waals surface area contributed by atoms with Crippen molar-refractivity contribution in [2.24, 2.45) is 7.05 Å². The number of aryl methyl sites for hydroxylation is 1. The van der Waals surface area contributed by atoms with Crippen LogP contribution >= 0.6 is 23.2 Å². The van der Waals surface area contributed by atoms with Crippen molar-refractivity contribution in [3.8, 4) is 34.1 Å². The van der Waals surface area contributed by atoms with Gasteiger partial charge in [-0.2, -0.15) is 0 Å². The summed E-state index contributed by atoms with van der Waals surface area (Å²) in [5.41, 5.74) is 2.81. The Morgan fingerprint density at radius 1 is 1.07 bits per heavy atom. The summed E-state index contributed by atoms with van der Waals surface area (Å²) in [6.07, 6.45) is 0.135. The third kappa shape index (κ3) is 6.57. The summed E-state index contributed by atoms with van der Waals surface area (Å²) in [5.74, 6) is -0.115. The van der Waals surface area contributed by atoms with E-state index in [4.69, 9.17) is 42.4 Å². The van der Waals surface area contributed by atoms with Crippen LogP contribution in [-0.2, 0) is 18.3 Å². The van der Waals surface area contributed by atoms with E-state index in [2.05, 4.69) is 15.7 Å². The van der Waals surface area contributed by atoms with Gasteiger partial charge in [0.25, 0.3) is 11.5 Å². The number of hydrogen-bond donors (Lipinski definition) is 3. The molecular formula is C31H31Cl2N5O6. The summed E-state index contributed by atoms with van der Waals surface area (Å²) in [6.45, 7) is 1.36. The maximum atomic E-state index is 13.1. The number of nitrogens with one attached hydrogen (secondary N) is 2. The topological polar surface area (TPSA) is 137 Å². The van der Waals surface area contributed by atoms with Gasteiger partial charge in [-0.05, 0) is 18.6 Å². The number of anilines is 1. The number of rotatable bonds is 9. The van der Waals surface area contributed by atoms with Crippen molar-refractivity contribution in [1.82, 2.24) is 20.1 Å². The quantitative estimate of drug-likeness (QED) is 0.244. The molecule has 230 valence electrons. The zero-order valence-corrected chi connectivity index (χ0v) is 25.8. The van der Waals surface area contributed by atoms with Gasteiger partial charge in [0.15, 0.2) is 0 Å². The smallest absolute Gasteiger partial charge is 0.279 e. The average Bonchev–Trinajstić information content (AvgIpc) is 3.03. The molecule has 1 unspecified atom stereocenters. The van der Waals surface area contributed by atoms with Crippen molar-refractivity contribution in [1.29, 1.82) is 0 Å². The van der Waals surface area contributed by atoms with Gasteiger partial charge in [0, 0.05) is 54.6 Å². The molecule has 0 saturated carbocycles. The highest BCUT2D eigenvalue weighted by Gasteiger charge is 2.24. The first-order valence-corrected chi connectivity index (χ1v) is 14.5. The lowest BCUT2D eigenvalue weighted by Crippen LogP contribution is -2.46. The van der Waals surface area contributed by atoms with Crippen LogP contribution in [0.5, 0.6) is 11.8 Å². The van der Waals surface area contributed by atoms with E-state index in [9.17, 15) is 14.7 Å². The second-order valence-electron chi connectivity index (χ2n) is 10.1. The number of amides is 1. The van der Waals surface area contributed by atoms with Gasteiger partial charge in [-0.1, -0.05) is 59.6 Å². The Bertz CT molecular complexity index is 1750. The number of aliphatic hydroxyl groups is 1. The van der Waals surface area contributed by atoms with Crippen LogP contribution in [-0.4, -0.2) is 65.4 Å². The molecule has 3 N–H and O–H groups in total.